The van der Waals surface area contributed by atoms with E-state index >= 15 is 4.39 Å². The van der Waals surface area contributed by atoms with Crippen molar-refractivity contribution >= 4 is 28.4 Å². The lowest BCUT2D eigenvalue weighted by Crippen LogP contribution is -2.36. The summed E-state index contributed by atoms with van der Waals surface area (Å²) >= 11 is 0. The summed E-state index contributed by atoms with van der Waals surface area (Å²) in [5.74, 6) is 0.913. The number of H-pyrrole nitrogens is 1. The quantitative estimate of drug-likeness (QED) is 0.442. The molecule has 6 rings (SSSR count). The van der Waals surface area contributed by atoms with Crippen molar-refractivity contribution in [2.45, 2.75) is 13.0 Å². The molecular weight excluding hydrogens is 419 g/mol. The van der Waals surface area contributed by atoms with Gasteiger partial charge in [-0.25, -0.2) is 9.37 Å². The summed E-state index contributed by atoms with van der Waals surface area (Å²) in [6.45, 7) is 4.62. The average molecular weight is 445 g/mol. The van der Waals surface area contributed by atoms with Crippen LogP contribution in [-0.2, 0) is 17.7 Å². The molecule has 1 saturated heterocycles. The lowest BCUT2D eigenvalue weighted by atomic mass is 10.0. The molecule has 33 heavy (non-hydrogen) atoms. The molecule has 3 N–H and O–H groups in total. The minimum Gasteiger partial charge on any atom is -0.378 e. The number of aromatic amines is 1. The summed E-state index contributed by atoms with van der Waals surface area (Å²) < 4.78 is 20.6. The standard InChI is InChI=1S/C25H25FN6O/c26-20-3-4-21-19(6-8-28-21)24(20)22-14-23(32-9-11-33-12-10-32)31-25(30-22)29-18-2-1-17-15-27-7-5-16(17)13-18/h1-4,6,8,13-14,27-28H,5,7,9-12,15H2,(H,29,30,31). The number of morpholine rings is 1. The zero-order valence-electron chi connectivity index (χ0n) is 18.2. The van der Waals surface area contributed by atoms with Crippen LogP contribution in [0, 0.1) is 5.82 Å². The summed E-state index contributed by atoms with van der Waals surface area (Å²) in [4.78, 5) is 14.9. The zero-order valence-corrected chi connectivity index (χ0v) is 18.2. The predicted molar refractivity (Wildman–Crippen MR) is 127 cm³/mol. The van der Waals surface area contributed by atoms with Crippen LogP contribution in [0.1, 0.15) is 11.1 Å². The van der Waals surface area contributed by atoms with E-state index in [1.807, 2.05) is 24.4 Å². The number of ether oxygens (including phenoxy) is 1. The molecule has 1 fully saturated rings. The number of halogens is 1. The van der Waals surface area contributed by atoms with Crippen LogP contribution >= 0.6 is 0 Å². The maximum absolute atomic E-state index is 15.1. The van der Waals surface area contributed by atoms with Gasteiger partial charge < -0.3 is 25.3 Å². The first-order chi connectivity index (χ1) is 16.2. The van der Waals surface area contributed by atoms with Crippen LogP contribution in [-0.4, -0.2) is 47.8 Å². The fraction of sp³-hybridized carbons (Fsp3) is 0.280. The third-order valence-electron chi connectivity index (χ3n) is 6.34. The van der Waals surface area contributed by atoms with Gasteiger partial charge in [-0.2, -0.15) is 4.98 Å². The third kappa shape index (κ3) is 3.92. The average Bonchev–Trinajstić information content (AvgIpc) is 3.33. The first-order valence-corrected chi connectivity index (χ1v) is 11.3. The van der Waals surface area contributed by atoms with Crippen LogP contribution in [0.3, 0.4) is 0 Å². The monoisotopic (exact) mass is 444 g/mol. The van der Waals surface area contributed by atoms with Gasteiger partial charge in [-0.15, -0.1) is 0 Å². The molecule has 0 saturated carbocycles. The zero-order chi connectivity index (χ0) is 22.2. The first kappa shape index (κ1) is 20.1. The number of nitrogens with one attached hydrogen (secondary N) is 3. The van der Waals surface area contributed by atoms with E-state index in [2.05, 4.69) is 32.7 Å². The van der Waals surface area contributed by atoms with Crippen molar-refractivity contribution in [2.24, 2.45) is 0 Å². The molecule has 4 aromatic rings. The predicted octanol–water partition coefficient (Wildman–Crippen LogP) is 3.99. The summed E-state index contributed by atoms with van der Waals surface area (Å²) in [5, 5.41) is 7.57. The van der Waals surface area contributed by atoms with Gasteiger partial charge in [0.25, 0.3) is 0 Å². The highest BCUT2D eigenvalue weighted by atomic mass is 19.1. The Morgan fingerprint density at radius 3 is 2.82 bits per heavy atom. The maximum Gasteiger partial charge on any atom is 0.229 e. The number of rotatable bonds is 4. The van der Waals surface area contributed by atoms with Gasteiger partial charge in [0.15, 0.2) is 0 Å². The van der Waals surface area contributed by atoms with E-state index in [4.69, 9.17) is 14.7 Å². The highest BCUT2D eigenvalue weighted by Gasteiger charge is 2.19. The van der Waals surface area contributed by atoms with Crippen LogP contribution in [0.4, 0.5) is 21.8 Å². The largest absolute Gasteiger partial charge is 0.378 e. The number of hydrogen-bond donors (Lipinski definition) is 3. The van der Waals surface area contributed by atoms with Crippen molar-refractivity contribution in [3.63, 3.8) is 0 Å². The van der Waals surface area contributed by atoms with E-state index in [1.54, 1.807) is 6.07 Å². The van der Waals surface area contributed by atoms with Crippen LogP contribution in [0.5, 0.6) is 0 Å². The number of nitrogens with zero attached hydrogens (tertiary/aromatic N) is 3. The van der Waals surface area contributed by atoms with Gasteiger partial charge in [0.1, 0.15) is 11.6 Å². The van der Waals surface area contributed by atoms with Crippen molar-refractivity contribution in [1.29, 1.82) is 0 Å². The van der Waals surface area contributed by atoms with Crippen LogP contribution in [0.15, 0.2) is 48.7 Å². The second-order valence-electron chi connectivity index (χ2n) is 8.43. The van der Waals surface area contributed by atoms with Gasteiger partial charge in [0, 0.05) is 54.1 Å². The second kappa shape index (κ2) is 8.46. The molecule has 8 heteroatoms. The summed E-state index contributed by atoms with van der Waals surface area (Å²) in [5.41, 5.74) is 5.48. The second-order valence-corrected chi connectivity index (χ2v) is 8.43. The molecule has 0 unspecified atom stereocenters. The summed E-state index contributed by atoms with van der Waals surface area (Å²) in [7, 11) is 0. The number of anilines is 3. The van der Waals surface area contributed by atoms with E-state index in [1.165, 1.54) is 17.2 Å². The van der Waals surface area contributed by atoms with Crippen molar-refractivity contribution in [1.82, 2.24) is 20.3 Å². The molecule has 2 aromatic heterocycles. The Labute approximate surface area is 191 Å². The van der Waals surface area contributed by atoms with Gasteiger partial charge in [0.2, 0.25) is 5.95 Å². The Bertz CT molecular complexity index is 1310. The molecule has 2 aliphatic rings. The van der Waals surface area contributed by atoms with Crippen molar-refractivity contribution < 1.29 is 9.13 Å². The number of benzene rings is 2. The van der Waals surface area contributed by atoms with Crippen LogP contribution < -0.4 is 15.5 Å². The van der Waals surface area contributed by atoms with Gasteiger partial charge in [0.05, 0.1) is 18.9 Å². The van der Waals surface area contributed by atoms with E-state index in [0.29, 0.717) is 30.4 Å². The molecule has 0 bridgehead atoms. The number of hydrogen-bond acceptors (Lipinski definition) is 6. The Morgan fingerprint density at radius 2 is 1.91 bits per heavy atom. The summed E-state index contributed by atoms with van der Waals surface area (Å²) in [6.07, 6.45) is 2.81. The Kier molecular flexibility index (Phi) is 5.16. The lowest BCUT2D eigenvalue weighted by Gasteiger charge is -2.28. The van der Waals surface area contributed by atoms with Gasteiger partial charge in [-0.1, -0.05) is 6.07 Å². The molecule has 4 heterocycles. The fourth-order valence-corrected chi connectivity index (χ4v) is 4.62. The van der Waals surface area contributed by atoms with Gasteiger partial charge in [-0.05, 0) is 54.4 Å². The Hall–Kier alpha value is -3.49. The topological polar surface area (TPSA) is 78.1 Å². The van der Waals surface area contributed by atoms with E-state index in [0.717, 1.165) is 55.0 Å². The van der Waals surface area contributed by atoms with Crippen molar-refractivity contribution in [2.75, 3.05) is 43.1 Å². The van der Waals surface area contributed by atoms with Crippen molar-refractivity contribution in [3.05, 3.63) is 65.6 Å². The molecule has 0 radical (unpaired) electrons. The maximum atomic E-state index is 15.1. The lowest BCUT2D eigenvalue weighted by molar-refractivity contribution is 0.122. The van der Waals surface area contributed by atoms with Crippen LogP contribution in [0.25, 0.3) is 22.2 Å². The SMILES string of the molecule is Fc1ccc2[nH]ccc2c1-c1cc(N2CCOCC2)nc(Nc2ccc3c(c2)CCNC3)n1. The minimum absolute atomic E-state index is 0.305. The smallest absolute Gasteiger partial charge is 0.229 e. The molecule has 0 spiro atoms. The Morgan fingerprint density at radius 1 is 1.00 bits per heavy atom. The molecule has 0 amide bonds. The molecule has 168 valence electrons. The van der Waals surface area contributed by atoms with E-state index < -0.39 is 0 Å². The normalized spacial score (nSPS) is 16.1. The van der Waals surface area contributed by atoms with Crippen LogP contribution in [0.2, 0.25) is 0 Å². The molecule has 0 aliphatic carbocycles. The van der Waals surface area contributed by atoms with Gasteiger partial charge >= 0.3 is 0 Å². The first-order valence-electron chi connectivity index (χ1n) is 11.3. The van der Waals surface area contributed by atoms with Gasteiger partial charge in [-0.3, -0.25) is 0 Å². The third-order valence-corrected chi connectivity index (χ3v) is 6.34. The highest BCUT2D eigenvalue weighted by molar-refractivity contribution is 5.95. The fourth-order valence-electron chi connectivity index (χ4n) is 4.62. The highest BCUT2D eigenvalue weighted by Crippen LogP contribution is 2.33. The molecular formula is C25H25FN6O. The molecule has 7 nitrogen and oxygen atoms in total. The number of fused-ring (bicyclic) bond motifs is 2. The van der Waals surface area contributed by atoms with E-state index in [-0.39, 0.29) is 5.82 Å². The number of aromatic nitrogens is 3. The Balaban J connectivity index is 1.44. The summed E-state index contributed by atoms with van der Waals surface area (Å²) in [6, 6.07) is 13.3. The minimum atomic E-state index is -0.305. The molecule has 2 aliphatic heterocycles. The molecule has 2 aromatic carbocycles. The molecule has 0 atom stereocenters. The van der Waals surface area contributed by atoms with E-state index in [9.17, 15) is 0 Å². The van der Waals surface area contributed by atoms with Crippen molar-refractivity contribution in [3.8, 4) is 11.3 Å².